The Morgan fingerprint density at radius 3 is 2.30 bits per heavy atom. The summed E-state index contributed by atoms with van der Waals surface area (Å²) in [5, 5.41) is 11.0. The van der Waals surface area contributed by atoms with Gasteiger partial charge in [-0.1, -0.05) is 60.7 Å². The van der Waals surface area contributed by atoms with Gasteiger partial charge < -0.3 is 5.11 Å². The van der Waals surface area contributed by atoms with Crippen LogP contribution in [-0.2, 0) is 12.1 Å². The Balaban J connectivity index is 1.79. The average Bonchev–Trinajstić information content (AvgIpc) is 2.79. The molecule has 2 aromatic carbocycles. The minimum atomic E-state index is -0.726. The van der Waals surface area contributed by atoms with Crippen LogP contribution in [0.15, 0.2) is 60.7 Å². The quantitative estimate of drug-likeness (QED) is 0.923. The van der Waals surface area contributed by atoms with Crippen LogP contribution in [0, 0.1) is 0 Å². The lowest BCUT2D eigenvalue weighted by molar-refractivity contribution is 0.00474. The Morgan fingerprint density at radius 1 is 1.05 bits per heavy atom. The number of benzene rings is 2. The molecule has 0 amide bonds. The van der Waals surface area contributed by atoms with Gasteiger partial charge in [0, 0.05) is 19.1 Å². The summed E-state index contributed by atoms with van der Waals surface area (Å²) in [6.07, 6.45) is 0.797. The molecule has 20 heavy (non-hydrogen) atoms. The molecule has 0 saturated carbocycles. The fourth-order valence-corrected chi connectivity index (χ4v) is 3.16. The predicted molar refractivity (Wildman–Crippen MR) is 81.3 cm³/mol. The lowest BCUT2D eigenvalue weighted by Gasteiger charge is -2.32. The summed E-state index contributed by atoms with van der Waals surface area (Å²) in [7, 11) is 0. The Kier molecular flexibility index (Phi) is 3.60. The van der Waals surface area contributed by atoms with Gasteiger partial charge in [0.25, 0.3) is 0 Å². The molecule has 1 saturated heterocycles. The smallest absolute Gasteiger partial charge is 0.106 e. The zero-order chi connectivity index (χ0) is 14.0. The second-order valence-corrected chi connectivity index (χ2v) is 5.67. The summed E-state index contributed by atoms with van der Waals surface area (Å²) in [6, 6.07) is 20.7. The molecule has 1 fully saturated rings. The number of hydrogen-bond donors (Lipinski definition) is 1. The first-order chi connectivity index (χ1) is 9.70. The van der Waals surface area contributed by atoms with Gasteiger partial charge >= 0.3 is 0 Å². The van der Waals surface area contributed by atoms with E-state index in [4.69, 9.17) is 0 Å². The van der Waals surface area contributed by atoms with Crippen molar-refractivity contribution in [1.29, 1.82) is 0 Å². The van der Waals surface area contributed by atoms with Gasteiger partial charge in [-0.25, -0.2) is 0 Å². The van der Waals surface area contributed by atoms with Gasteiger partial charge in [-0.15, -0.1) is 0 Å². The van der Waals surface area contributed by atoms with E-state index in [1.54, 1.807) is 0 Å². The normalized spacial score (nSPS) is 26.8. The Bertz CT molecular complexity index is 554. The van der Waals surface area contributed by atoms with Gasteiger partial charge in [-0.2, -0.15) is 0 Å². The summed E-state index contributed by atoms with van der Waals surface area (Å²) < 4.78 is 0. The van der Waals surface area contributed by atoms with E-state index in [0.717, 1.165) is 25.1 Å². The highest BCUT2D eigenvalue weighted by Crippen LogP contribution is 2.38. The SMILES string of the molecule is CC1N(Cc2ccccc2)CCC1(O)c1ccccc1. The van der Waals surface area contributed by atoms with Gasteiger partial charge in [0.15, 0.2) is 0 Å². The second-order valence-electron chi connectivity index (χ2n) is 5.67. The molecule has 1 aliphatic heterocycles. The van der Waals surface area contributed by atoms with Crippen molar-refractivity contribution < 1.29 is 5.11 Å². The molecule has 1 heterocycles. The maximum atomic E-state index is 11.0. The fourth-order valence-electron chi connectivity index (χ4n) is 3.16. The molecule has 0 spiro atoms. The van der Waals surface area contributed by atoms with Crippen LogP contribution < -0.4 is 0 Å². The monoisotopic (exact) mass is 267 g/mol. The minimum absolute atomic E-state index is 0.130. The van der Waals surface area contributed by atoms with E-state index in [0.29, 0.717) is 0 Å². The topological polar surface area (TPSA) is 23.5 Å². The zero-order valence-corrected chi connectivity index (χ0v) is 11.9. The van der Waals surface area contributed by atoms with E-state index < -0.39 is 5.60 Å². The molecule has 0 aromatic heterocycles. The zero-order valence-electron chi connectivity index (χ0n) is 11.9. The van der Waals surface area contributed by atoms with Crippen LogP contribution in [0.1, 0.15) is 24.5 Å². The molecule has 0 aliphatic carbocycles. The first-order valence-electron chi connectivity index (χ1n) is 7.26. The summed E-state index contributed by atoms with van der Waals surface area (Å²) in [5.74, 6) is 0. The van der Waals surface area contributed by atoms with Crippen LogP contribution in [0.4, 0.5) is 0 Å². The Hall–Kier alpha value is -1.64. The van der Waals surface area contributed by atoms with Gasteiger partial charge in [-0.3, -0.25) is 4.90 Å². The van der Waals surface area contributed by atoms with Crippen molar-refractivity contribution in [2.75, 3.05) is 6.54 Å². The fraction of sp³-hybridized carbons (Fsp3) is 0.333. The third kappa shape index (κ3) is 2.37. The van der Waals surface area contributed by atoms with Crippen molar-refractivity contribution in [3.63, 3.8) is 0 Å². The van der Waals surface area contributed by atoms with Crippen molar-refractivity contribution in [3.05, 3.63) is 71.8 Å². The Morgan fingerprint density at radius 2 is 1.65 bits per heavy atom. The van der Waals surface area contributed by atoms with Crippen LogP contribution in [0.2, 0.25) is 0 Å². The van der Waals surface area contributed by atoms with Gasteiger partial charge in [0.2, 0.25) is 0 Å². The molecule has 0 bridgehead atoms. The molecule has 104 valence electrons. The van der Waals surface area contributed by atoms with Crippen LogP contribution in [0.25, 0.3) is 0 Å². The maximum absolute atomic E-state index is 11.0. The molecule has 2 unspecified atom stereocenters. The van der Waals surface area contributed by atoms with Crippen LogP contribution in [-0.4, -0.2) is 22.6 Å². The summed E-state index contributed by atoms with van der Waals surface area (Å²) in [4.78, 5) is 2.36. The summed E-state index contributed by atoms with van der Waals surface area (Å²) in [6.45, 7) is 3.96. The number of hydrogen-bond acceptors (Lipinski definition) is 2. The third-order valence-corrected chi connectivity index (χ3v) is 4.52. The molecule has 1 N–H and O–H groups in total. The van der Waals surface area contributed by atoms with Gasteiger partial charge in [0.1, 0.15) is 5.60 Å². The standard InChI is InChI=1S/C18H21NO/c1-15-18(20,17-10-6-3-7-11-17)12-13-19(15)14-16-8-4-2-5-9-16/h2-11,15,20H,12-14H2,1H3. The van der Waals surface area contributed by atoms with Gasteiger partial charge in [0.05, 0.1) is 0 Å². The van der Waals surface area contributed by atoms with Crippen molar-refractivity contribution in [3.8, 4) is 0 Å². The van der Waals surface area contributed by atoms with E-state index in [1.807, 2.05) is 36.4 Å². The first-order valence-corrected chi connectivity index (χ1v) is 7.26. The van der Waals surface area contributed by atoms with Crippen LogP contribution >= 0.6 is 0 Å². The largest absolute Gasteiger partial charge is 0.383 e. The lowest BCUT2D eigenvalue weighted by Crippen LogP contribution is -2.40. The van der Waals surface area contributed by atoms with Gasteiger partial charge in [-0.05, 0) is 24.5 Å². The third-order valence-electron chi connectivity index (χ3n) is 4.52. The molecule has 2 nitrogen and oxygen atoms in total. The van der Waals surface area contributed by atoms with E-state index in [9.17, 15) is 5.11 Å². The first kappa shape index (κ1) is 13.3. The highest BCUT2D eigenvalue weighted by atomic mass is 16.3. The average molecular weight is 267 g/mol. The van der Waals surface area contributed by atoms with E-state index in [2.05, 4.69) is 36.1 Å². The molecular formula is C18H21NO. The van der Waals surface area contributed by atoms with Crippen LogP contribution in [0.5, 0.6) is 0 Å². The van der Waals surface area contributed by atoms with E-state index >= 15 is 0 Å². The minimum Gasteiger partial charge on any atom is -0.383 e. The number of nitrogens with zero attached hydrogens (tertiary/aromatic N) is 1. The highest BCUT2D eigenvalue weighted by molar-refractivity contribution is 5.26. The maximum Gasteiger partial charge on any atom is 0.106 e. The highest BCUT2D eigenvalue weighted by Gasteiger charge is 2.44. The molecule has 2 heteroatoms. The summed E-state index contributed by atoms with van der Waals surface area (Å²) in [5.41, 5.74) is 1.61. The van der Waals surface area contributed by atoms with Crippen molar-refractivity contribution >= 4 is 0 Å². The molecule has 1 aliphatic rings. The molecule has 2 atom stereocenters. The van der Waals surface area contributed by atoms with Crippen molar-refractivity contribution in [2.45, 2.75) is 31.5 Å². The molecule has 0 radical (unpaired) electrons. The Labute approximate surface area is 120 Å². The lowest BCUT2D eigenvalue weighted by atomic mass is 9.87. The van der Waals surface area contributed by atoms with Crippen LogP contribution in [0.3, 0.4) is 0 Å². The number of rotatable bonds is 3. The number of likely N-dealkylation sites (tertiary alicyclic amines) is 1. The molecule has 3 rings (SSSR count). The molecular weight excluding hydrogens is 246 g/mol. The van der Waals surface area contributed by atoms with E-state index in [-0.39, 0.29) is 6.04 Å². The van der Waals surface area contributed by atoms with Crippen molar-refractivity contribution in [2.24, 2.45) is 0 Å². The predicted octanol–water partition coefficient (Wildman–Crippen LogP) is 3.17. The van der Waals surface area contributed by atoms with Crippen molar-refractivity contribution in [1.82, 2.24) is 4.90 Å². The summed E-state index contributed by atoms with van der Waals surface area (Å²) >= 11 is 0. The molecule has 2 aromatic rings. The van der Waals surface area contributed by atoms with E-state index in [1.165, 1.54) is 5.56 Å². The number of aliphatic hydroxyl groups is 1. The second kappa shape index (κ2) is 5.39.